The summed E-state index contributed by atoms with van der Waals surface area (Å²) in [4.78, 5) is 11.5. The van der Waals surface area contributed by atoms with E-state index in [-0.39, 0.29) is 18.3 Å². The number of nitrogens with one attached hydrogen (secondary N) is 2. The summed E-state index contributed by atoms with van der Waals surface area (Å²) in [5, 5.41) is 5.62. The Balaban J connectivity index is 0.00000256. The van der Waals surface area contributed by atoms with Gasteiger partial charge in [-0.15, -0.1) is 12.4 Å². The normalized spacial score (nSPS) is 9.59. The zero-order chi connectivity index (χ0) is 12.0. The molecule has 0 aliphatic heterocycles. The largest absolute Gasteiger partial charge is 0.380 e. The maximum absolute atomic E-state index is 11.5. The maximum Gasteiger partial charge on any atom is 0.238 e. The van der Waals surface area contributed by atoms with Gasteiger partial charge in [-0.05, 0) is 19.2 Å². The summed E-state index contributed by atoms with van der Waals surface area (Å²) in [6.07, 6.45) is 0. The van der Waals surface area contributed by atoms with Gasteiger partial charge in [0.05, 0.1) is 13.2 Å². The van der Waals surface area contributed by atoms with Gasteiger partial charge in [0.2, 0.25) is 5.91 Å². The molecule has 6 heteroatoms. The van der Waals surface area contributed by atoms with Crippen LogP contribution in [0, 0.1) is 0 Å². The summed E-state index contributed by atoms with van der Waals surface area (Å²) in [5.41, 5.74) is 1.71. The van der Waals surface area contributed by atoms with Gasteiger partial charge in [-0.1, -0.05) is 22.0 Å². The highest BCUT2D eigenvalue weighted by molar-refractivity contribution is 9.10. The maximum atomic E-state index is 11.5. The molecule has 0 fully saturated rings. The Bertz CT molecular complexity index is 374. The van der Waals surface area contributed by atoms with Crippen molar-refractivity contribution in [2.75, 3.05) is 26.0 Å². The van der Waals surface area contributed by atoms with Gasteiger partial charge >= 0.3 is 0 Å². The number of carbonyl (C=O) groups excluding carboxylic acids is 1. The molecule has 1 aromatic rings. The second kappa shape index (κ2) is 8.47. The Morgan fingerprint density at radius 3 is 2.76 bits per heavy atom. The first-order chi connectivity index (χ1) is 7.69. The summed E-state index contributed by atoms with van der Waals surface area (Å²) in [5.74, 6) is -0.0713. The van der Waals surface area contributed by atoms with Gasteiger partial charge in [-0.2, -0.15) is 0 Å². The molecule has 0 aliphatic rings. The zero-order valence-electron chi connectivity index (χ0n) is 9.75. The Morgan fingerprint density at radius 1 is 1.47 bits per heavy atom. The highest BCUT2D eigenvalue weighted by atomic mass is 79.9. The molecule has 0 aliphatic carbocycles. The number of hydrogen-bond acceptors (Lipinski definition) is 3. The van der Waals surface area contributed by atoms with E-state index in [0.717, 1.165) is 15.7 Å². The second-order valence-electron chi connectivity index (χ2n) is 3.28. The third-order valence-electron chi connectivity index (χ3n) is 2.02. The van der Waals surface area contributed by atoms with Crippen molar-refractivity contribution in [3.63, 3.8) is 0 Å². The van der Waals surface area contributed by atoms with E-state index in [2.05, 4.69) is 26.6 Å². The molecule has 0 radical (unpaired) electrons. The molecule has 0 spiro atoms. The molecule has 0 heterocycles. The van der Waals surface area contributed by atoms with Crippen LogP contribution in [-0.2, 0) is 16.1 Å². The van der Waals surface area contributed by atoms with Crippen molar-refractivity contribution >= 4 is 39.9 Å². The lowest BCUT2D eigenvalue weighted by Crippen LogP contribution is -2.25. The van der Waals surface area contributed by atoms with Crippen LogP contribution in [-0.4, -0.2) is 26.6 Å². The Hall–Kier alpha value is -0.620. The minimum absolute atomic E-state index is 0. The number of benzene rings is 1. The summed E-state index contributed by atoms with van der Waals surface area (Å²) >= 11 is 3.43. The third kappa shape index (κ3) is 5.04. The topological polar surface area (TPSA) is 50.4 Å². The molecule has 2 N–H and O–H groups in total. The number of halogens is 2. The van der Waals surface area contributed by atoms with Crippen molar-refractivity contribution in [3.8, 4) is 0 Å². The first-order valence-corrected chi connectivity index (χ1v) is 5.69. The standard InChI is InChI=1S/C11H15BrN2O2.ClH/c1-13-6-11(15)14-10-5-3-4-9(12)8(10)7-16-2;/h3-5,13H,6-7H2,1-2H3,(H,14,15);1H. The molecule has 1 rings (SSSR count). The van der Waals surface area contributed by atoms with Crippen LogP contribution in [0.2, 0.25) is 0 Å². The number of likely N-dealkylation sites (N-methyl/N-ethyl adjacent to an activating group) is 1. The van der Waals surface area contributed by atoms with Gasteiger partial charge in [0, 0.05) is 22.8 Å². The fourth-order valence-corrected chi connectivity index (χ4v) is 1.80. The number of ether oxygens (including phenoxy) is 1. The molecular formula is C11H16BrClN2O2. The average molecular weight is 324 g/mol. The lowest BCUT2D eigenvalue weighted by atomic mass is 10.2. The lowest BCUT2D eigenvalue weighted by molar-refractivity contribution is -0.115. The van der Waals surface area contributed by atoms with E-state index in [0.29, 0.717) is 13.2 Å². The van der Waals surface area contributed by atoms with Gasteiger partial charge in [0.15, 0.2) is 0 Å². The number of methoxy groups -OCH3 is 1. The molecule has 4 nitrogen and oxygen atoms in total. The van der Waals surface area contributed by atoms with Crippen LogP contribution < -0.4 is 10.6 Å². The fourth-order valence-electron chi connectivity index (χ4n) is 1.32. The SMILES string of the molecule is CNCC(=O)Nc1cccc(Br)c1COC.Cl. The van der Waals surface area contributed by atoms with E-state index in [1.54, 1.807) is 14.2 Å². The van der Waals surface area contributed by atoms with Gasteiger partial charge in [0.1, 0.15) is 0 Å². The number of carbonyl (C=O) groups is 1. The lowest BCUT2D eigenvalue weighted by Gasteiger charge is -2.12. The predicted octanol–water partition coefficient (Wildman–Crippen LogP) is 2.18. The van der Waals surface area contributed by atoms with Crippen molar-refractivity contribution < 1.29 is 9.53 Å². The molecule has 96 valence electrons. The van der Waals surface area contributed by atoms with Gasteiger partial charge in [-0.25, -0.2) is 0 Å². The van der Waals surface area contributed by atoms with Crippen LogP contribution in [0.3, 0.4) is 0 Å². The summed E-state index contributed by atoms with van der Waals surface area (Å²) in [7, 11) is 3.36. The van der Waals surface area contributed by atoms with Crippen molar-refractivity contribution in [2.24, 2.45) is 0 Å². The van der Waals surface area contributed by atoms with Crippen molar-refractivity contribution in [3.05, 3.63) is 28.2 Å². The molecule has 17 heavy (non-hydrogen) atoms. The Kier molecular flexibility index (Phi) is 8.16. The zero-order valence-corrected chi connectivity index (χ0v) is 12.2. The van der Waals surface area contributed by atoms with Crippen LogP contribution >= 0.6 is 28.3 Å². The second-order valence-corrected chi connectivity index (χ2v) is 4.13. The molecule has 0 aromatic heterocycles. The number of anilines is 1. The van der Waals surface area contributed by atoms with E-state index in [1.165, 1.54) is 0 Å². The molecule has 0 saturated heterocycles. The molecule has 0 bridgehead atoms. The van der Waals surface area contributed by atoms with E-state index >= 15 is 0 Å². The van der Waals surface area contributed by atoms with E-state index in [9.17, 15) is 4.79 Å². The summed E-state index contributed by atoms with van der Waals surface area (Å²) in [6.45, 7) is 0.746. The molecule has 1 amide bonds. The minimum Gasteiger partial charge on any atom is -0.380 e. The van der Waals surface area contributed by atoms with E-state index < -0.39 is 0 Å². The Labute approximate surface area is 116 Å². The predicted molar refractivity (Wildman–Crippen MR) is 74.7 cm³/mol. The first kappa shape index (κ1) is 16.4. The fraction of sp³-hybridized carbons (Fsp3) is 0.364. The monoisotopic (exact) mass is 322 g/mol. The van der Waals surface area contributed by atoms with Crippen LogP contribution in [0.5, 0.6) is 0 Å². The third-order valence-corrected chi connectivity index (χ3v) is 2.76. The quantitative estimate of drug-likeness (QED) is 0.873. The van der Waals surface area contributed by atoms with Crippen molar-refractivity contribution in [1.82, 2.24) is 5.32 Å². The molecular weight excluding hydrogens is 307 g/mol. The van der Waals surface area contributed by atoms with Gasteiger partial charge < -0.3 is 15.4 Å². The Morgan fingerprint density at radius 2 is 2.18 bits per heavy atom. The smallest absolute Gasteiger partial charge is 0.238 e. The highest BCUT2D eigenvalue weighted by Gasteiger charge is 2.08. The molecule has 0 unspecified atom stereocenters. The van der Waals surface area contributed by atoms with Crippen LogP contribution in [0.25, 0.3) is 0 Å². The summed E-state index contributed by atoms with van der Waals surface area (Å²) in [6, 6.07) is 5.65. The van der Waals surface area contributed by atoms with Crippen LogP contribution in [0.4, 0.5) is 5.69 Å². The summed E-state index contributed by atoms with van der Waals surface area (Å²) < 4.78 is 6.02. The number of hydrogen-bond donors (Lipinski definition) is 2. The van der Waals surface area contributed by atoms with Gasteiger partial charge in [0.25, 0.3) is 0 Å². The first-order valence-electron chi connectivity index (χ1n) is 4.89. The van der Waals surface area contributed by atoms with Crippen molar-refractivity contribution in [1.29, 1.82) is 0 Å². The molecule has 1 aromatic carbocycles. The van der Waals surface area contributed by atoms with Gasteiger partial charge in [-0.3, -0.25) is 4.79 Å². The van der Waals surface area contributed by atoms with E-state index in [1.807, 2.05) is 18.2 Å². The molecule has 0 saturated carbocycles. The highest BCUT2D eigenvalue weighted by Crippen LogP contribution is 2.25. The van der Waals surface area contributed by atoms with Crippen LogP contribution in [0.1, 0.15) is 5.56 Å². The van der Waals surface area contributed by atoms with Crippen molar-refractivity contribution in [2.45, 2.75) is 6.61 Å². The van der Waals surface area contributed by atoms with Crippen LogP contribution in [0.15, 0.2) is 22.7 Å². The number of rotatable bonds is 5. The molecule has 0 atom stereocenters. The van der Waals surface area contributed by atoms with E-state index in [4.69, 9.17) is 4.74 Å². The average Bonchev–Trinajstić information content (AvgIpc) is 2.23. The number of amides is 1. The minimum atomic E-state index is -0.0713.